The third kappa shape index (κ3) is 2.72. The van der Waals surface area contributed by atoms with Gasteiger partial charge in [0.25, 0.3) is 5.91 Å². The molecule has 2 N–H and O–H groups in total. The van der Waals surface area contributed by atoms with Gasteiger partial charge in [-0.05, 0) is 48.2 Å². The summed E-state index contributed by atoms with van der Waals surface area (Å²) in [5.74, 6) is -0.876. The lowest BCUT2D eigenvalue weighted by Crippen LogP contribution is -2.42. The van der Waals surface area contributed by atoms with Crippen LogP contribution in [0.5, 0.6) is 0 Å². The van der Waals surface area contributed by atoms with Gasteiger partial charge in [-0.3, -0.25) is 14.5 Å². The summed E-state index contributed by atoms with van der Waals surface area (Å²) in [7, 11) is 0. The molecule has 0 radical (unpaired) electrons. The summed E-state index contributed by atoms with van der Waals surface area (Å²) in [5.41, 5.74) is 1.74. The van der Waals surface area contributed by atoms with E-state index >= 15 is 0 Å². The van der Waals surface area contributed by atoms with Crippen LogP contribution in [0.1, 0.15) is 23.1 Å². The van der Waals surface area contributed by atoms with E-state index in [-0.39, 0.29) is 6.54 Å². The van der Waals surface area contributed by atoms with E-state index in [1.807, 2.05) is 30.3 Å². The Morgan fingerprint density at radius 1 is 1.19 bits per heavy atom. The van der Waals surface area contributed by atoms with Crippen LogP contribution in [0.4, 0.5) is 10.5 Å². The molecule has 2 aliphatic rings. The number of rotatable bonds is 3. The maximum absolute atomic E-state index is 13.0. The second-order valence-electron chi connectivity index (χ2n) is 6.62. The molecule has 4 amide bonds. The lowest BCUT2D eigenvalue weighted by atomic mass is 9.92. The smallest absolute Gasteiger partial charge is 0.325 e. The monoisotopic (exact) mass is 360 g/mol. The van der Waals surface area contributed by atoms with E-state index in [9.17, 15) is 14.4 Å². The molecule has 0 unspecified atom stereocenters. The molecule has 0 aromatic heterocycles. The summed E-state index contributed by atoms with van der Waals surface area (Å²) in [4.78, 5) is 38.7. The SMILES string of the molecule is N#Cc1ccc(NC(=O)CN2C(=O)N[C@]3(CCc4ccccc43)C2=O)cc1. The summed E-state index contributed by atoms with van der Waals surface area (Å²) in [6.45, 7) is -0.366. The van der Waals surface area contributed by atoms with Crippen molar-refractivity contribution in [2.75, 3.05) is 11.9 Å². The molecular formula is C20H16N4O3. The number of hydrogen-bond acceptors (Lipinski definition) is 4. The third-order valence-electron chi connectivity index (χ3n) is 5.02. The first-order valence-electron chi connectivity index (χ1n) is 8.56. The van der Waals surface area contributed by atoms with Gasteiger partial charge in [-0.1, -0.05) is 24.3 Å². The van der Waals surface area contributed by atoms with Crippen molar-refractivity contribution in [3.63, 3.8) is 0 Å². The fraction of sp³-hybridized carbons (Fsp3) is 0.200. The zero-order valence-corrected chi connectivity index (χ0v) is 14.4. The highest BCUT2D eigenvalue weighted by Crippen LogP contribution is 2.41. The normalized spacial score (nSPS) is 20.3. The number of carbonyl (C=O) groups excluding carboxylic acids is 3. The number of urea groups is 1. The molecule has 2 aromatic carbocycles. The zero-order chi connectivity index (χ0) is 19.0. The highest BCUT2D eigenvalue weighted by molar-refractivity contribution is 6.10. The lowest BCUT2D eigenvalue weighted by Gasteiger charge is -2.22. The van der Waals surface area contributed by atoms with Crippen LogP contribution in [0.25, 0.3) is 0 Å². The summed E-state index contributed by atoms with van der Waals surface area (Å²) < 4.78 is 0. The molecule has 1 atom stereocenters. The van der Waals surface area contributed by atoms with Crippen molar-refractivity contribution in [1.29, 1.82) is 5.26 Å². The molecule has 1 saturated heterocycles. The van der Waals surface area contributed by atoms with Gasteiger partial charge in [0.2, 0.25) is 5.91 Å². The number of anilines is 1. The Labute approximate surface area is 155 Å². The van der Waals surface area contributed by atoms with Crippen molar-refractivity contribution in [1.82, 2.24) is 10.2 Å². The van der Waals surface area contributed by atoms with Crippen molar-refractivity contribution < 1.29 is 14.4 Å². The van der Waals surface area contributed by atoms with Gasteiger partial charge in [-0.2, -0.15) is 5.26 Å². The molecule has 27 heavy (non-hydrogen) atoms. The number of nitrogens with zero attached hydrogens (tertiary/aromatic N) is 2. The van der Waals surface area contributed by atoms with Gasteiger partial charge in [-0.25, -0.2) is 4.79 Å². The van der Waals surface area contributed by atoms with Crippen LogP contribution in [-0.4, -0.2) is 29.3 Å². The standard InChI is InChI=1S/C20H16N4O3/c21-11-13-5-7-15(8-6-13)22-17(25)12-24-18(26)20(23-19(24)27)10-9-14-3-1-2-4-16(14)20/h1-8H,9-10,12H2,(H,22,25)(H,23,27)/t20-/m0/s1. The van der Waals surface area contributed by atoms with Crippen molar-refractivity contribution in [2.24, 2.45) is 0 Å². The number of aryl methyl sites for hydroxylation is 1. The highest BCUT2D eigenvalue weighted by atomic mass is 16.2. The van der Waals surface area contributed by atoms with E-state index in [4.69, 9.17) is 5.26 Å². The molecule has 1 spiro atoms. The number of nitriles is 1. The summed E-state index contributed by atoms with van der Waals surface area (Å²) in [5, 5.41) is 14.2. The average molecular weight is 360 g/mol. The van der Waals surface area contributed by atoms with Gasteiger partial charge >= 0.3 is 6.03 Å². The van der Waals surface area contributed by atoms with Crippen LogP contribution in [0.3, 0.4) is 0 Å². The molecule has 134 valence electrons. The van der Waals surface area contributed by atoms with Crippen molar-refractivity contribution in [3.05, 3.63) is 65.2 Å². The first kappa shape index (κ1) is 16.8. The maximum atomic E-state index is 13.0. The molecule has 0 saturated carbocycles. The number of imide groups is 1. The van der Waals surface area contributed by atoms with Crippen LogP contribution in [-0.2, 0) is 21.5 Å². The van der Waals surface area contributed by atoms with Gasteiger partial charge in [0.05, 0.1) is 11.6 Å². The van der Waals surface area contributed by atoms with Gasteiger partial charge in [0.1, 0.15) is 12.1 Å². The molecule has 7 nitrogen and oxygen atoms in total. The Bertz CT molecular complexity index is 993. The van der Waals surface area contributed by atoms with Gasteiger partial charge in [0, 0.05) is 5.69 Å². The average Bonchev–Trinajstić information content (AvgIpc) is 3.16. The van der Waals surface area contributed by atoms with Crippen molar-refractivity contribution in [3.8, 4) is 6.07 Å². The predicted octanol–water partition coefficient (Wildman–Crippen LogP) is 1.89. The second-order valence-corrected chi connectivity index (χ2v) is 6.62. The van der Waals surface area contributed by atoms with Crippen molar-refractivity contribution >= 4 is 23.5 Å². The van der Waals surface area contributed by atoms with Crippen LogP contribution < -0.4 is 10.6 Å². The number of hydrogen-bond donors (Lipinski definition) is 2. The fourth-order valence-electron chi connectivity index (χ4n) is 3.71. The topological polar surface area (TPSA) is 102 Å². The number of nitrogens with one attached hydrogen (secondary N) is 2. The summed E-state index contributed by atoms with van der Waals surface area (Å²) >= 11 is 0. The Kier molecular flexibility index (Phi) is 3.89. The van der Waals surface area contributed by atoms with Crippen LogP contribution in [0, 0.1) is 11.3 Å². The minimum absolute atomic E-state index is 0.366. The molecule has 1 aliphatic carbocycles. The molecule has 2 aromatic rings. The first-order chi connectivity index (χ1) is 13.0. The molecule has 4 rings (SSSR count). The molecule has 1 fully saturated rings. The van der Waals surface area contributed by atoms with Crippen LogP contribution >= 0.6 is 0 Å². The predicted molar refractivity (Wildman–Crippen MR) is 96.5 cm³/mol. The third-order valence-corrected chi connectivity index (χ3v) is 5.02. The maximum Gasteiger partial charge on any atom is 0.325 e. The minimum Gasteiger partial charge on any atom is -0.325 e. The van der Waals surface area contributed by atoms with E-state index < -0.39 is 23.4 Å². The van der Waals surface area contributed by atoms with E-state index in [2.05, 4.69) is 10.6 Å². The molecule has 7 heteroatoms. The minimum atomic E-state index is -1.07. The summed E-state index contributed by atoms with van der Waals surface area (Å²) in [6, 6.07) is 15.3. The van der Waals surface area contributed by atoms with Crippen LogP contribution in [0.2, 0.25) is 0 Å². The van der Waals surface area contributed by atoms with E-state index in [0.29, 0.717) is 24.1 Å². The second kappa shape index (κ2) is 6.25. The van der Waals surface area contributed by atoms with Gasteiger partial charge < -0.3 is 10.6 Å². The van der Waals surface area contributed by atoms with E-state index in [1.165, 1.54) is 0 Å². The van der Waals surface area contributed by atoms with Gasteiger partial charge in [0.15, 0.2) is 0 Å². The first-order valence-corrected chi connectivity index (χ1v) is 8.56. The summed E-state index contributed by atoms with van der Waals surface area (Å²) in [6.07, 6.45) is 1.19. The molecule has 1 heterocycles. The zero-order valence-electron chi connectivity index (χ0n) is 14.4. The molecule has 0 bridgehead atoms. The van der Waals surface area contributed by atoms with E-state index in [0.717, 1.165) is 16.0 Å². The Balaban J connectivity index is 1.50. The Morgan fingerprint density at radius 2 is 1.93 bits per heavy atom. The largest absolute Gasteiger partial charge is 0.325 e. The van der Waals surface area contributed by atoms with E-state index in [1.54, 1.807) is 24.3 Å². The highest BCUT2D eigenvalue weighted by Gasteiger charge is 2.55. The number of fused-ring (bicyclic) bond motifs is 2. The molecule has 1 aliphatic heterocycles. The van der Waals surface area contributed by atoms with Gasteiger partial charge in [-0.15, -0.1) is 0 Å². The lowest BCUT2D eigenvalue weighted by molar-refractivity contribution is -0.134. The van der Waals surface area contributed by atoms with Crippen molar-refractivity contribution in [2.45, 2.75) is 18.4 Å². The quantitative estimate of drug-likeness (QED) is 0.816. The Morgan fingerprint density at radius 3 is 2.67 bits per heavy atom. The number of benzene rings is 2. The molecular weight excluding hydrogens is 344 g/mol. The van der Waals surface area contributed by atoms with Crippen LogP contribution in [0.15, 0.2) is 48.5 Å². The number of carbonyl (C=O) groups is 3. The number of amides is 4. The Hall–Kier alpha value is -3.66. The fourth-order valence-corrected chi connectivity index (χ4v) is 3.71.